The van der Waals surface area contributed by atoms with Crippen molar-refractivity contribution in [2.45, 2.75) is 37.5 Å². The van der Waals surface area contributed by atoms with Gasteiger partial charge in [-0.25, -0.2) is 0 Å². The van der Waals surface area contributed by atoms with Crippen LogP contribution in [0.15, 0.2) is 4.52 Å². The number of aliphatic hydroxyl groups excluding tert-OH is 1. The van der Waals surface area contributed by atoms with Crippen LogP contribution in [0.5, 0.6) is 0 Å². The molecule has 1 aromatic heterocycles. The maximum Gasteiger partial charge on any atom is 0.292 e. The highest BCUT2D eigenvalue weighted by Gasteiger charge is 2.30. The van der Waals surface area contributed by atoms with Crippen molar-refractivity contribution in [3.63, 3.8) is 0 Å². The molecule has 1 aliphatic heterocycles. The number of aromatic nitrogens is 2. The number of nitrogens with one attached hydrogen (secondary N) is 2. The second-order valence-electron chi connectivity index (χ2n) is 4.55. The first kappa shape index (κ1) is 10.7. The number of hydrogen-bond acceptors (Lipinski definition) is 6. The van der Waals surface area contributed by atoms with Crippen molar-refractivity contribution in [3.05, 3.63) is 11.7 Å². The molecule has 7 heteroatoms. The van der Waals surface area contributed by atoms with Crippen LogP contribution in [0.25, 0.3) is 0 Å². The molecule has 1 amide bonds. The molecule has 1 aliphatic carbocycles. The lowest BCUT2D eigenvalue weighted by Gasteiger charge is -2.01. The van der Waals surface area contributed by atoms with Gasteiger partial charge >= 0.3 is 0 Å². The largest absolute Gasteiger partial charge is 0.392 e. The van der Waals surface area contributed by atoms with Crippen molar-refractivity contribution in [1.82, 2.24) is 20.8 Å². The monoisotopic (exact) mass is 238 g/mol. The lowest BCUT2D eigenvalue weighted by atomic mass is 10.2. The number of aliphatic hydroxyl groups is 1. The van der Waals surface area contributed by atoms with Crippen LogP contribution in [0.2, 0.25) is 0 Å². The number of carbonyl (C=O) groups is 1. The third kappa shape index (κ3) is 2.29. The number of hydrogen-bond donors (Lipinski definition) is 3. The van der Waals surface area contributed by atoms with E-state index in [-0.39, 0.29) is 23.8 Å². The van der Waals surface area contributed by atoms with E-state index >= 15 is 0 Å². The van der Waals surface area contributed by atoms with Gasteiger partial charge in [0.1, 0.15) is 0 Å². The number of amides is 1. The van der Waals surface area contributed by atoms with Gasteiger partial charge in [0.2, 0.25) is 5.89 Å². The van der Waals surface area contributed by atoms with E-state index in [2.05, 4.69) is 20.8 Å². The molecule has 0 unspecified atom stereocenters. The summed E-state index contributed by atoms with van der Waals surface area (Å²) in [5, 5.41) is 18.9. The van der Waals surface area contributed by atoms with Gasteiger partial charge in [0.05, 0.1) is 12.1 Å². The zero-order valence-electron chi connectivity index (χ0n) is 9.22. The molecule has 3 N–H and O–H groups in total. The van der Waals surface area contributed by atoms with Crippen LogP contribution in [0.1, 0.15) is 41.8 Å². The van der Waals surface area contributed by atoms with Crippen LogP contribution in [0, 0.1) is 0 Å². The normalized spacial score (nSPS) is 28.3. The molecule has 2 heterocycles. The van der Waals surface area contributed by atoms with Crippen molar-refractivity contribution >= 4 is 5.91 Å². The molecule has 0 spiro atoms. The Morgan fingerprint density at radius 1 is 1.53 bits per heavy atom. The average Bonchev–Trinajstić information content (AvgIpc) is 2.81. The Balaban J connectivity index is 1.66. The molecule has 0 bridgehead atoms. The topological polar surface area (TPSA) is 100 Å². The molecular weight excluding hydrogens is 224 g/mol. The third-order valence-electron chi connectivity index (χ3n) is 2.96. The second-order valence-corrected chi connectivity index (χ2v) is 4.55. The summed E-state index contributed by atoms with van der Waals surface area (Å²) >= 11 is 0. The molecule has 2 atom stereocenters. The van der Waals surface area contributed by atoms with E-state index < -0.39 is 6.10 Å². The number of carbonyl (C=O) groups excluding carboxylic acids is 1. The standard InChI is InChI=1S/C10H14N4O3/c15-6-3-7(11-4-6)10-13-8(14-17-10)9(16)12-5-1-2-5/h5-7,11,15H,1-4H2,(H,12,16)/t6-,7+/m0/s1. The van der Waals surface area contributed by atoms with Gasteiger partial charge in [-0.15, -0.1) is 0 Å². The lowest BCUT2D eigenvalue weighted by Crippen LogP contribution is -2.26. The van der Waals surface area contributed by atoms with Crippen LogP contribution in [0.4, 0.5) is 0 Å². The van der Waals surface area contributed by atoms with Gasteiger partial charge in [0.25, 0.3) is 11.7 Å². The van der Waals surface area contributed by atoms with Gasteiger partial charge < -0.3 is 20.3 Å². The summed E-state index contributed by atoms with van der Waals surface area (Å²) in [4.78, 5) is 15.7. The summed E-state index contributed by atoms with van der Waals surface area (Å²) in [6, 6.07) is 0.121. The molecule has 1 saturated heterocycles. The molecule has 1 aromatic rings. The lowest BCUT2D eigenvalue weighted by molar-refractivity contribution is 0.0937. The Bertz CT molecular complexity index is 429. The summed E-state index contributed by atoms with van der Waals surface area (Å²) in [5.74, 6) is 0.138. The first-order valence-corrected chi connectivity index (χ1v) is 5.78. The molecule has 92 valence electrons. The summed E-state index contributed by atoms with van der Waals surface area (Å²) in [7, 11) is 0. The van der Waals surface area contributed by atoms with Gasteiger partial charge in [0.15, 0.2) is 0 Å². The van der Waals surface area contributed by atoms with E-state index in [4.69, 9.17) is 4.52 Å². The summed E-state index contributed by atoms with van der Waals surface area (Å²) in [6.07, 6.45) is 2.18. The minimum atomic E-state index is -0.393. The Labute approximate surface area is 97.6 Å². The summed E-state index contributed by atoms with van der Waals surface area (Å²) < 4.78 is 5.02. The molecule has 0 radical (unpaired) electrons. The number of rotatable bonds is 3. The fraction of sp³-hybridized carbons (Fsp3) is 0.700. The second kappa shape index (κ2) is 4.08. The first-order valence-electron chi connectivity index (χ1n) is 5.78. The van der Waals surface area contributed by atoms with Crippen LogP contribution >= 0.6 is 0 Å². The molecule has 2 fully saturated rings. The predicted molar refractivity (Wildman–Crippen MR) is 56.2 cm³/mol. The van der Waals surface area contributed by atoms with Crippen LogP contribution in [-0.4, -0.2) is 39.8 Å². The van der Waals surface area contributed by atoms with E-state index in [1.54, 1.807) is 0 Å². The fourth-order valence-electron chi connectivity index (χ4n) is 1.85. The third-order valence-corrected chi connectivity index (χ3v) is 2.96. The van der Waals surface area contributed by atoms with Crippen LogP contribution < -0.4 is 10.6 Å². The SMILES string of the molecule is O=C(NC1CC1)c1noc([C@H]2C[C@H](O)CN2)n1. The van der Waals surface area contributed by atoms with E-state index in [1.807, 2.05) is 0 Å². The number of nitrogens with zero attached hydrogens (tertiary/aromatic N) is 2. The van der Waals surface area contributed by atoms with Gasteiger partial charge in [-0.1, -0.05) is 5.16 Å². The maximum absolute atomic E-state index is 11.6. The van der Waals surface area contributed by atoms with Gasteiger partial charge in [-0.2, -0.15) is 4.98 Å². The van der Waals surface area contributed by atoms with Crippen molar-refractivity contribution < 1.29 is 14.4 Å². The Kier molecular flexibility index (Phi) is 2.56. The van der Waals surface area contributed by atoms with Crippen molar-refractivity contribution in [1.29, 1.82) is 0 Å². The highest BCUT2D eigenvalue weighted by atomic mass is 16.5. The van der Waals surface area contributed by atoms with Crippen molar-refractivity contribution in [3.8, 4) is 0 Å². The van der Waals surface area contributed by atoms with E-state index in [1.165, 1.54) is 0 Å². The summed E-state index contributed by atoms with van der Waals surface area (Å²) in [6.45, 7) is 0.511. The molecule has 17 heavy (non-hydrogen) atoms. The smallest absolute Gasteiger partial charge is 0.292 e. The van der Waals surface area contributed by atoms with Gasteiger partial charge in [0, 0.05) is 12.6 Å². The van der Waals surface area contributed by atoms with E-state index in [0.717, 1.165) is 12.8 Å². The molecular formula is C10H14N4O3. The molecule has 3 rings (SSSR count). The quantitative estimate of drug-likeness (QED) is 0.647. The maximum atomic E-state index is 11.6. The molecule has 2 aliphatic rings. The minimum Gasteiger partial charge on any atom is -0.392 e. The predicted octanol–water partition coefficient (Wildman–Crippen LogP) is -0.643. The van der Waals surface area contributed by atoms with Crippen molar-refractivity contribution in [2.24, 2.45) is 0 Å². The molecule has 7 nitrogen and oxygen atoms in total. The molecule has 1 saturated carbocycles. The average molecular weight is 238 g/mol. The van der Waals surface area contributed by atoms with Crippen LogP contribution in [0.3, 0.4) is 0 Å². The zero-order chi connectivity index (χ0) is 11.8. The Morgan fingerprint density at radius 3 is 3.00 bits per heavy atom. The molecule has 0 aromatic carbocycles. The van der Waals surface area contributed by atoms with Gasteiger partial charge in [-0.05, 0) is 19.3 Å². The minimum absolute atomic E-state index is 0.0649. The zero-order valence-corrected chi connectivity index (χ0v) is 9.22. The number of β-amino-alcohol motifs (C(OH)–C–C–N with tert-alkyl or cyclic N) is 1. The van der Waals surface area contributed by atoms with E-state index in [9.17, 15) is 9.90 Å². The summed E-state index contributed by atoms with van der Waals surface area (Å²) in [5.41, 5.74) is 0. The highest BCUT2D eigenvalue weighted by Crippen LogP contribution is 2.22. The Morgan fingerprint density at radius 2 is 2.35 bits per heavy atom. The fourth-order valence-corrected chi connectivity index (χ4v) is 1.85. The van der Waals surface area contributed by atoms with Crippen molar-refractivity contribution in [2.75, 3.05) is 6.54 Å². The Hall–Kier alpha value is -1.47. The van der Waals surface area contributed by atoms with Gasteiger partial charge in [-0.3, -0.25) is 4.79 Å². The van der Waals surface area contributed by atoms with Crippen LogP contribution in [-0.2, 0) is 0 Å². The highest BCUT2D eigenvalue weighted by molar-refractivity contribution is 5.90. The van der Waals surface area contributed by atoms with E-state index in [0.29, 0.717) is 18.9 Å². The first-order chi connectivity index (χ1) is 8.22.